The van der Waals surface area contributed by atoms with E-state index >= 15 is 0 Å². The fourth-order valence-corrected chi connectivity index (χ4v) is 7.19. The summed E-state index contributed by atoms with van der Waals surface area (Å²) in [6, 6.07) is 27.7. The highest BCUT2D eigenvalue weighted by atomic mass is 32.2. The van der Waals surface area contributed by atoms with Crippen molar-refractivity contribution in [2.75, 3.05) is 12.3 Å². The number of carbonyl (C=O) groups is 1. The van der Waals surface area contributed by atoms with Crippen LogP contribution in [0.3, 0.4) is 0 Å². The van der Waals surface area contributed by atoms with Gasteiger partial charge in [0.2, 0.25) is 0 Å². The van der Waals surface area contributed by atoms with Gasteiger partial charge in [0.1, 0.15) is 4.83 Å². The molecule has 7 heteroatoms. The van der Waals surface area contributed by atoms with E-state index in [-0.39, 0.29) is 17.1 Å². The molecule has 0 spiro atoms. The third kappa shape index (κ3) is 4.97. The number of aromatic nitrogens is 2. The number of thiophene rings is 1. The third-order valence-corrected chi connectivity index (χ3v) is 8.91. The average Bonchev–Trinajstić information content (AvgIpc) is 3.30. The van der Waals surface area contributed by atoms with E-state index in [0.717, 1.165) is 53.1 Å². The van der Waals surface area contributed by atoms with Crippen molar-refractivity contribution in [1.29, 1.82) is 0 Å². The molecule has 0 N–H and O–H groups in total. The van der Waals surface area contributed by atoms with Crippen molar-refractivity contribution in [3.8, 4) is 5.69 Å². The highest BCUT2D eigenvalue weighted by Crippen LogP contribution is 2.35. The molecule has 2 aromatic heterocycles. The summed E-state index contributed by atoms with van der Waals surface area (Å²) in [6.45, 7) is 4.61. The van der Waals surface area contributed by atoms with E-state index in [2.05, 4.69) is 29.2 Å². The van der Waals surface area contributed by atoms with Gasteiger partial charge in [-0.15, -0.1) is 11.3 Å². The van der Waals surface area contributed by atoms with Crippen LogP contribution >= 0.6 is 23.1 Å². The van der Waals surface area contributed by atoms with Gasteiger partial charge in [-0.1, -0.05) is 84.6 Å². The maximum Gasteiger partial charge on any atom is 0.267 e. The van der Waals surface area contributed by atoms with Crippen molar-refractivity contribution in [3.05, 3.63) is 122 Å². The Hall–Kier alpha value is -3.52. The van der Waals surface area contributed by atoms with Gasteiger partial charge in [-0.05, 0) is 42.2 Å². The highest BCUT2D eigenvalue weighted by molar-refractivity contribution is 7.99. The number of fused-ring (bicyclic) bond motifs is 3. The monoisotopic (exact) mass is 537 g/mol. The molecule has 6 rings (SSSR count). The lowest BCUT2D eigenvalue weighted by molar-refractivity contribution is 0.102. The molecule has 5 aromatic rings. The molecule has 0 atom stereocenters. The van der Waals surface area contributed by atoms with Gasteiger partial charge in [-0.2, -0.15) is 0 Å². The number of rotatable bonds is 7. The lowest BCUT2D eigenvalue weighted by Gasteiger charge is -2.26. The Bertz CT molecular complexity index is 1680. The first-order chi connectivity index (χ1) is 18.6. The quantitative estimate of drug-likeness (QED) is 0.139. The predicted octanol–water partition coefficient (Wildman–Crippen LogP) is 6.29. The van der Waals surface area contributed by atoms with Crippen molar-refractivity contribution in [3.63, 3.8) is 0 Å². The molecule has 3 aromatic carbocycles. The molecule has 0 unspecified atom stereocenters. The Labute approximate surface area is 229 Å². The van der Waals surface area contributed by atoms with Gasteiger partial charge in [0, 0.05) is 30.1 Å². The van der Waals surface area contributed by atoms with Crippen LogP contribution in [0.2, 0.25) is 0 Å². The summed E-state index contributed by atoms with van der Waals surface area (Å²) < 4.78 is 1.70. The lowest BCUT2D eigenvalue weighted by atomic mass is 10.0. The van der Waals surface area contributed by atoms with E-state index in [9.17, 15) is 9.59 Å². The summed E-state index contributed by atoms with van der Waals surface area (Å²) in [5, 5.41) is 1.28. The van der Waals surface area contributed by atoms with E-state index in [1.54, 1.807) is 15.9 Å². The van der Waals surface area contributed by atoms with Crippen molar-refractivity contribution < 1.29 is 4.79 Å². The Kier molecular flexibility index (Phi) is 6.98. The van der Waals surface area contributed by atoms with Crippen LogP contribution < -0.4 is 5.56 Å². The van der Waals surface area contributed by atoms with E-state index in [0.29, 0.717) is 10.7 Å². The van der Waals surface area contributed by atoms with Gasteiger partial charge >= 0.3 is 0 Å². The van der Waals surface area contributed by atoms with Gasteiger partial charge in [0.25, 0.3) is 5.56 Å². The van der Waals surface area contributed by atoms with Crippen molar-refractivity contribution >= 4 is 39.1 Å². The van der Waals surface area contributed by atoms with E-state index in [1.165, 1.54) is 22.2 Å². The van der Waals surface area contributed by atoms with Crippen molar-refractivity contribution in [2.45, 2.75) is 31.6 Å². The topological polar surface area (TPSA) is 55.2 Å². The molecular weight excluding hydrogens is 510 g/mol. The van der Waals surface area contributed by atoms with E-state index < -0.39 is 0 Å². The Morgan fingerprint density at radius 1 is 1.00 bits per heavy atom. The van der Waals surface area contributed by atoms with Crippen LogP contribution in [-0.4, -0.2) is 32.5 Å². The summed E-state index contributed by atoms with van der Waals surface area (Å²) in [5.41, 5.74) is 4.87. The van der Waals surface area contributed by atoms with Crippen LogP contribution in [0.25, 0.3) is 15.9 Å². The Balaban J connectivity index is 1.38. The fourth-order valence-electron chi connectivity index (χ4n) is 4.98. The molecule has 1 aliphatic heterocycles. The lowest BCUT2D eigenvalue weighted by Crippen LogP contribution is -2.30. The molecule has 0 saturated carbocycles. The molecule has 38 heavy (non-hydrogen) atoms. The maximum absolute atomic E-state index is 14.1. The number of thioether (sulfide) groups is 1. The zero-order valence-electron chi connectivity index (χ0n) is 21.1. The summed E-state index contributed by atoms with van der Waals surface area (Å²) in [7, 11) is 0. The van der Waals surface area contributed by atoms with Crippen LogP contribution in [0.5, 0.6) is 0 Å². The minimum Gasteiger partial charge on any atom is -0.294 e. The van der Waals surface area contributed by atoms with E-state index in [1.807, 2.05) is 67.6 Å². The average molecular weight is 538 g/mol. The molecule has 0 fully saturated rings. The molecule has 190 valence electrons. The number of hydrogen-bond donors (Lipinski definition) is 0. The van der Waals surface area contributed by atoms with Crippen LogP contribution in [0.1, 0.15) is 31.9 Å². The highest BCUT2D eigenvalue weighted by Gasteiger charge is 2.26. The van der Waals surface area contributed by atoms with Crippen LogP contribution in [0.4, 0.5) is 0 Å². The number of benzene rings is 3. The summed E-state index contributed by atoms with van der Waals surface area (Å²) >= 11 is 2.94. The molecule has 0 amide bonds. The van der Waals surface area contributed by atoms with Gasteiger partial charge in [0.05, 0.1) is 16.8 Å². The van der Waals surface area contributed by atoms with Gasteiger partial charge in [-0.25, -0.2) is 4.98 Å². The third-order valence-electron chi connectivity index (χ3n) is 6.86. The molecule has 0 radical (unpaired) electrons. The molecule has 0 saturated heterocycles. The molecule has 0 bridgehead atoms. The number of Topliss-reactive ketones (excluding diaryl/α,β-unsaturated/α-hetero) is 1. The minimum atomic E-state index is -0.0516. The number of nitrogens with zero attached hydrogens (tertiary/aromatic N) is 3. The van der Waals surface area contributed by atoms with Crippen LogP contribution in [0, 0.1) is 6.92 Å². The van der Waals surface area contributed by atoms with Gasteiger partial charge in [-0.3, -0.25) is 19.1 Å². The summed E-state index contributed by atoms with van der Waals surface area (Å²) in [6.07, 6.45) is 0.825. The first kappa shape index (κ1) is 24.8. The standard InChI is InChI=1S/C31H27N3O2S2/c1-21-9-8-14-24(17-21)34-30(36)28-25-15-16-33(18-22-10-4-2-5-11-22)19-27(25)38-29(28)32-31(34)37-20-26(35)23-12-6-3-7-13-23/h2-14,17H,15-16,18-20H2,1H3. The second-order valence-electron chi connectivity index (χ2n) is 9.58. The fraction of sp³-hybridized carbons (Fsp3) is 0.194. The van der Waals surface area contributed by atoms with E-state index in [4.69, 9.17) is 4.98 Å². The Morgan fingerprint density at radius 3 is 2.53 bits per heavy atom. The smallest absolute Gasteiger partial charge is 0.267 e. The maximum atomic E-state index is 14.1. The molecule has 1 aliphatic rings. The molecule has 3 heterocycles. The molecule has 0 aliphatic carbocycles. The molecular formula is C31H27N3O2S2. The van der Waals surface area contributed by atoms with Crippen molar-refractivity contribution in [1.82, 2.24) is 14.5 Å². The van der Waals surface area contributed by atoms with Crippen molar-refractivity contribution in [2.24, 2.45) is 0 Å². The zero-order chi connectivity index (χ0) is 26.1. The number of hydrogen-bond acceptors (Lipinski definition) is 6. The normalized spacial score (nSPS) is 13.5. The minimum absolute atomic E-state index is 0.0164. The Morgan fingerprint density at radius 2 is 1.76 bits per heavy atom. The second-order valence-corrected chi connectivity index (χ2v) is 11.6. The van der Waals surface area contributed by atoms with Gasteiger partial charge in [0.15, 0.2) is 10.9 Å². The predicted molar refractivity (Wildman–Crippen MR) is 156 cm³/mol. The van der Waals surface area contributed by atoms with Crippen LogP contribution in [-0.2, 0) is 19.5 Å². The first-order valence-electron chi connectivity index (χ1n) is 12.7. The van der Waals surface area contributed by atoms with Gasteiger partial charge < -0.3 is 0 Å². The molecule has 5 nitrogen and oxygen atoms in total. The summed E-state index contributed by atoms with van der Waals surface area (Å²) in [5.74, 6) is 0.228. The SMILES string of the molecule is Cc1cccc(-n2c(SCC(=O)c3ccccc3)nc3sc4c(c3c2=O)CCN(Cc2ccccc2)C4)c1. The largest absolute Gasteiger partial charge is 0.294 e. The number of ketones is 1. The zero-order valence-corrected chi connectivity index (χ0v) is 22.7. The number of carbonyl (C=O) groups excluding carboxylic acids is 1. The summed E-state index contributed by atoms with van der Waals surface area (Å²) in [4.78, 5) is 36.4. The number of aryl methyl sites for hydroxylation is 1. The second kappa shape index (κ2) is 10.7. The van der Waals surface area contributed by atoms with Crippen LogP contribution in [0.15, 0.2) is 94.9 Å². The first-order valence-corrected chi connectivity index (χ1v) is 14.5.